The van der Waals surface area contributed by atoms with E-state index in [1.165, 1.54) is 0 Å². The Hall–Kier alpha value is -2.96. The minimum Gasteiger partial charge on any atom is -0.485 e. The second-order valence-corrected chi connectivity index (χ2v) is 5.81. The monoisotopic (exact) mass is 324 g/mol. The smallest absolute Gasteiger partial charge is 0.231 e. The van der Waals surface area contributed by atoms with E-state index in [0.29, 0.717) is 30.7 Å². The van der Waals surface area contributed by atoms with Gasteiger partial charge in [0.15, 0.2) is 11.5 Å². The predicted molar refractivity (Wildman–Crippen MR) is 92.2 cm³/mol. The fourth-order valence-corrected chi connectivity index (χ4v) is 2.60. The molecule has 123 valence electrons. The summed E-state index contributed by atoms with van der Waals surface area (Å²) in [6.07, 6.45) is 1.85. The molecule has 0 atom stereocenters. The number of nitrogens with one attached hydrogen (secondary N) is 3. The zero-order valence-electron chi connectivity index (χ0n) is 13.5. The van der Waals surface area contributed by atoms with Crippen molar-refractivity contribution in [1.82, 2.24) is 15.0 Å². The Morgan fingerprint density at radius 3 is 2.96 bits per heavy atom. The zero-order valence-corrected chi connectivity index (χ0v) is 13.5. The van der Waals surface area contributed by atoms with Gasteiger partial charge in [0.25, 0.3) is 0 Å². The summed E-state index contributed by atoms with van der Waals surface area (Å²) >= 11 is 0. The number of aromatic amines is 1. The number of H-pyrrole nitrogens is 1. The van der Waals surface area contributed by atoms with Crippen LogP contribution in [-0.4, -0.2) is 34.2 Å². The molecular formula is C17H18N5O2. The lowest BCUT2D eigenvalue weighted by Crippen LogP contribution is -2.16. The molecule has 1 aliphatic heterocycles. The van der Waals surface area contributed by atoms with Gasteiger partial charge in [-0.2, -0.15) is 9.97 Å². The van der Waals surface area contributed by atoms with Crippen molar-refractivity contribution in [2.45, 2.75) is 19.9 Å². The number of hydrogen-bond donors (Lipinski definition) is 3. The lowest BCUT2D eigenvalue weighted by Gasteiger charge is -2.21. The van der Waals surface area contributed by atoms with Gasteiger partial charge in [-0.15, -0.1) is 0 Å². The van der Waals surface area contributed by atoms with E-state index in [1.54, 1.807) is 6.07 Å². The number of nitrogens with zero attached hydrogens (tertiary/aromatic N) is 2. The summed E-state index contributed by atoms with van der Waals surface area (Å²) in [6, 6.07) is 8.91. The quantitative estimate of drug-likeness (QED) is 0.684. The summed E-state index contributed by atoms with van der Waals surface area (Å²) in [5.41, 5.74) is 1.52. The Morgan fingerprint density at radius 1 is 1.21 bits per heavy atom. The number of benzene rings is 1. The van der Waals surface area contributed by atoms with Gasteiger partial charge in [0.1, 0.15) is 24.7 Å². The van der Waals surface area contributed by atoms with E-state index < -0.39 is 0 Å². The summed E-state index contributed by atoms with van der Waals surface area (Å²) in [4.78, 5) is 12.2. The minimum absolute atomic E-state index is 0.265. The third-order valence-corrected chi connectivity index (χ3v) is 3.58. The molecule has 0 aliphatic carbocycles. The van der Waals surface area contributed by atoms with Crippen LogP contribution in [0.4, 0.5) is 17.5 Å². The van der Waals surface area contributed by atoms with Crippen LogP contribution in [0.3, 0.4) is 0 Å². The molecule has 0 fully saturated rings. The van der Waals surface area contributed by atoms with Crippen LogP contribution in [0, 0.1) is 6.07 Å². The van der Waals surface area contributed by atoms with Crippen molar-refractivity contribution in [3.05, 3.63) is 30.5 Å². The molecule has 0 unspecified atom stereocenters. The van der Waals surface area contributed by atoms with Crippen LogP contribution in [0.5, 0.6) is 11.5 Å². The van der Waals surface area contributed by atoms with Gasteiger partial charge in [0, 0.05) is 18.3 Å². The van der Waals surface area contributed by atoms with Crippen LogP contribution >= 0.6 is 0 Å². The average Bonchev–Trinajstić information content (AvgIpc) is 3.03. The number of fused-ring (bicyclic) bond motifs is 2. The molecule has 4 rings (SSSR count). The highest BCUT2D eigenvalue weighted by molar-refractivity contribution is 5.88. The molecule has 1 aromatic carbocycles. The van der Waals surface area contributed by atoms with Crippen LogP contribution in [-0.2, 0) is 0 Å². The van der Waals surface area contributed by atoms with Crippen molar-refractivity contribution >= 4 is 28.5 Å². The summed E-state index contributed by atoms with van der Waals surface area (Å²) in [5.74, 6) is 2.51. The van der Waals surface area contributed by atoms with Gasteiger partial charge >= 0.3 is 0 Å². The van der Waals surface area contributed by atoms with E-state index in [1.807, 2.05) is 18.3 Å². The molecule has 1 aliphatic rings. The molecule has 0 amide bonds. The second kappa shape index (κ2) is 5.92. The highest BCUT2D eigenvalue weighted by Crippen LogP contribution is 2.38. The van der Waals surface area contributed by atoms with Gasteiger partial charge in [0.2, 0.25) is 5.95 Å². The largest absolute Gasteiger partial charge is 0.485 e. The van der Waals surface area contributed by atoms with Crippen molar-refractivity contribution in [2.75, 3.05) is 23.8 Å². The highest BCUT2D eigenvalue weighted by atomic mass is 16.6. The van der Waals surface area contributed by atoms with Gasteiger partial charge in [-0.05, 0) is 32.0 Å². The van der Waals surface area contributed by atoms with Gasteiger partial charge in [-0.3, -0.25) is 0 Å². The maximum Gasteiger partial charge on any atom is 0.231 e. The number of aromatic nitrogens is 3. The molecule has 7 heteroatoms. The third-order valence-electron chi connectivity index (χ3n) is 3.58. The molecule has 7 nitrogen and oxygen atoms in total. The van der Waals surface area contributed by atoms with Gasteiger partial charge in [-0.1, -0.05) is 0 Å². The Kier molecular flexibility index (Phi) is 3.60. The average molecular weight is 324 g/mol. The van der Waals surface area contributed by atoms with Crippen molar-refractivity contribution < 1.29 is 9.47 Å². The Balaban J connectivity index is 1.72. The topological polar surface area (TPSA) is 84.1 Å². The van der Waals surface area contributed by atoms with Gasteiger partial charge < -0.3 is 25.1 Å². The first-order chi connectivity index (χ1) is 11.7. The predicted octanol–water partition coefficient (Wildman–Crippen LogP) is 3.09. The molecule has 24 heavy (non-hydrogen) atoms. The molecule has 0 saturated carbocycles. The first-order valence-corrected chi connectivity index (χ1v) is 7.89. The fraction of sp³-hybridized carbons (Fsp3) is 0.294. The normalized spacial score (nSPS) is 13.3. The molecule has 0 bridgehead atoms. The van der Waals surface area contributed by atoms with E-state index >= 15 is 0 Å². The SMILES string of the molecule is CC(C)Nc1nc(Nc2cc[c]c3c2OCCO3)nc2[nH]ccc12. The van der Waals surface area contributed by atoms with E-state index in [2.05, 4.69) is 45.5 Å². The van der Waals surface area contributed by atoms with Crippen LogP contribution in [0.1, 0.15) is 13.8 Å². The molecule has 2 aromatic heterocycles. The minimum atomic E-state index is 0.265. The van der Waals surface area contributed by atoms with Crippen LogP contribution in [0.15, 0.2) is 24.4 Å². The van der Waals surface area contributed by atoms with Crippen LogP contribution in [0.2, 0.25) is 0 Å². The van der Waals surface area contributed by atoms with Crippen LogP contribution < -0.4 is 20.1 Å². The number of anilines is 3. The Labute approximate surface area is 139 Å². The Morgan fingerprint density at radius 2 is 2.08 bits per heavy atom. The molecule has 3 aromatic rings. The van der Waals surface area contributed by atoms with Crippen LogP contribution in [0.25, 0.3) is 11.0 Å². The first-order valence-electron chi connectivity index (χ1n) is 7.89. The summed E-state index contributed by atoms with van der Waals surface area (Å²) in [6.45, 7) is 5.18. The van der Waals surface area contributed by atoms with Gasteiger partial charge in [-0.25, -0.2) is 0 Å². The second-order valence-electron chi connectivity index (χ2n) is 5.81. The zero-order chi connectivity index (χ0) is 16.5. The third kappa shape index (κ3) is 2.68. The number of ether oxygens (including phenoxy) is 2. The van der Waals surface area contributed by atoms with E-state index in [-0.39, 0.29) is 6.04 Å². The molecule has 3 N–H and O–H groups in total. The Bertz CT molecular complexity index is 875. The summed E-state index contributed by atoms with van der Waals surface area (Å²) < 4.78 is 11.3. The molecule has 0 saturated heterocycles. The molecule has 3 heterocycles. The van der Waals surface area contributed by atoms with Gasteiger partial charge in [0.05, 0.1) is 11.1 Å². The van der Waals surface area contributed by atoms with Crippen molar-refractivity contribution in [2.24, 2.45) is 0 Å². The fourth-order valence-electron chi connectivity index (χ4n) is 2.60. The van der Waals surface area contributed by atoms with E-state index in [9.17, 15) is 0 Å². The maximum atomic E-state index is 5.70. The first kappa shape index (κ1) is 14.6. The number of rotatable bonds is 4. The van der Waals surface area contributed by atoms with E-state index in [0.717, 1.165) is 22.5 Å². The molecule has 1 radical (unpaired) electrons. The standard InChI is InChI=1S/C17H18N5O2/c1-10(2)19-16-11-6-7-18-15(11)21-17(22-16)20-12-4-3-5-13-14(12)24-9-8-23-13/h3-4,6-7,10H,8-9H2,1-2H3,(H3,18,19,20,21,22). The van der Waals surface area contributed by atoms with Crippen molar-refractivity contribution in [3.63, 3.8) is 0 Å². The molecular weight excluding hydrogens is 306 g/mol. The lowest BCUT2D eigenvalue weighted by molar-refractivity contribution is 0.172. The summed E-state index contributed by atoms with van der Waals surface area (Å²) in [5, 5.41) is 7.53. The number of hydrogen-bond acceptors (Lipinski definition) is 6. The highest BCUT2D eigenvalue weighted by Gasteiger charge is 2.17. The van der Waals surface area contributed by atoms with Crippen molar-refractivity contribution in [1.29, 1.82) is 0 Å². The molecule has 0 spiro atoms. The lowest BCUT2D eigenvalue weighted by atomic mass is 10.2. The van der Waals surface area contributed by atoms with E-state index in [4.69, 9.17) is 9.47 Å². The maximum absolute atomic E-state index is 5.70. The summed E-state index contributed by atoms with van der Waals surface area (Å²) in [7, 11) is 0. The van der Waals surface area contributed by atoms with Crippen molar-refractivity contribution in [3.8, 4) is 11.5 Å².